The van der Waals surface area contributed by atoms with Gasteiger partial charge in [0.05, 0.1) is 22.8 Å². The number of sulfonamides is 1. The highest BCUT2D eigenvalue weighted by Gasteiger charge is 2.29. The van der Waals surface area contributed by atoms with Crippen LogP contribution < -0.4 is 5.73 Å². The van der Waals surface area contributed by atoms with Gasteiger partial charge in [-0.25, -0.2) is 18.2 Å². The molecule has 1 aromatic carbocycles. The highest BCUT2D eigenvalue weighted by atomic mass is 32.2. The minimum atomic E-state index is -3.38. The minimum absolute atomic E-state index is 0.170. The van der Waals surface area contributed by atoms with Gasteiger partial charge >= 0.3 is 5.97 Å². The van der Waals surface area contributed by atoms with Crippen molar-refractivity contribution in [2.75, 3.05) is 20.2 Å². The lowest BCUT2D eigenvalue weighted by atomic mass is 10.1. The van der Waals surface area contributed by atoms with Gasteiger partial charge < -0.3 is 15.6 Å². The van der Waals surface area contributed by atoms with Gasteiger partial charge in [0.2, 0.25) is 10.0 Å². The van der Waals surface area contributed by atoms with E-state index in [0.717, 1.165) is 18.4 Å². The number of hydrogen-bond donors (Lipinski definition) is 3. The first-order valence-electron chi connectivity index (χ1n) is 9.69. The predicted octanol–water partition coefficient (Wildman–Crippen LogP) is 1.60. The summed E-state index contributed by atoms with van der Waals surface area (Å²) < 4.78 is 31.7. The van der Waals surface area contributed by atoms with E-state index in [1.807, 2.05) is 0 Å². The second-order valence-corrected chi connectivity index (χ2v) is 8.96. The molecule has 0 spiro atoms. The molecule has 4 N–H and O–H groups in total. The first kappa shape index (κ1) is 22.8. The maximum Gasteiger partial charge on any atom is 0.337 e. The van der Waals surface area contributed by atoms with E-state index in [4.69, 9.17) is 15.6 Å². The molecule has 10 nitrogen and oxygen atoms in total. The zero-order valence-corrected chi connectivity index (χ0v) is 17.9. The summed E-state index contributed by atoms with van der Waals surface area (Å²) in [5, 5.41) is 15.7. The van der Waals surface area contributed by atoms with Crippen LogP contribution in [0.2, 0.25) is 0 Å². The van der Waals surface area contributed by atoms with E-state index >= 15 is 0 Å². The minimum Gasteiger partial charge on any atom is -0.478 e. The molecule has 3 heterocycles. The number of aromatic carboxylic acids is 1. The molecule has 31 heavy (non-hydrogen) atoms. The van der Waals surface area contributed by atoms with Gasteiger partial charge in [-0.05, 0) is 36.6 Å². The standard InChI is InChI=1S/C13H20N2O3S.C7H5N3O2/c1-18-12-6-8-15(9-7-12)19(16,17)13-4-2-11(10-14)3-5-13;11-7(12)5-1-4-3-9-10-6(4)8-2-5/h2-5,12H,6-10,14H2,1H3;1-3H,(H,11,12)(H,8,9,10). The van der Waals surface area contributed by atoms with Crippen LogP contribution in [0.15, 0.2) is 47.6 Å². The number of ether oxygens (including phenoxy) is 1. The molecule has 1 saturated heterocycles. The van der Waals surface area contributed by atoms with Crippen molar-refractivity contribution < 1.29 is 23.1 Å². The fourth-order valence-corrected chi connectivity index (χ4v) is 4.68. The molecule has 0 radical (unpaired) electrons. The van der Waals surface area contributed by atoms with Crippen molar-refractivity contribution in [3.05, 3.63) is 53.9 Å². The van der Waals surface area contributed by atoms with Gasteiger partial charge in [0.25, 0.3) is 0 Å². The average molecular weight is 448 g/mol. The van der Waals surface area contributed by atoms with Crippen molar-refractivity contribution >= 4 is 27.0 Å². The summed E-state index contributed by atoms with van der Waals surface area (Å²) in [6.45, 7) is 1.44. The number of H-pyrrole nitrogens is 1. The summed E-state index contributed by atoms with van der Waals surface area (Å²) in [7, 11) is -1.71. The third-order valence-corrected chi connectivity index (χ3v) is 6.98. The second kappa shape index (κ2) is 9.96. The Kier molecular flexibility index (Phi) is 7.33. The van der Waals surface area contributed by atoms with Crippen molar-refractivity contribution in [1.29, 1.82) is 0 Å². The van der Waals surface area contributed by atoms with Crippen LogP contribution in [0.5, 0.6) is 0 Å². The van der Waals surface area contributed by atoms with E-state index in [1.165, 1.54) is 22.8 Å². The highest BCUT2D eigenvalue weighted by molar-refractivity contribution is 7.89. The Labute approximate surface area is 180 Å². The smallest absolute Gasteiger partial charge is 0.337 e. The number of carbonyl (C=O) groups is 1. The normalized spacial score (nSPS) is 15.4. The number of nitrogens with two attached hydrogens (primary N) is 1. The number of aromatic nitrogens is 3. The lowest BCUT2D eigenvalue weighted by Crippen LogP contribution is -2.40. The van der Waals surface area contributed by atoms with Crippen molar-refractivity contribution in [3.63, 3.8) is 0 Å². The zero-order valence-electron chi connectivity index (χ0n) is 17.1. The van der Waals surface area contributed by atoms with E-state index in [0.29, 0.717) is 35.6 Å². The molecule has 0 bridgehead atoms. The number of carboxylic acids is 1. The first-order chi connectivity index (χ1) is 14.8. The van der Waals surface area contributed by atoms with E-state index in [1.54, 1.807) is 31.4 Å². The molecular weight excluding hydrogens is 422 g/mol. The Bertz CT molecular complexity index is 1120. The number of pyridine rings is 1. The predicted molar refractivity (Wildman–Crippen MR) is 114 cm³/mol. The molecule has 0 amide bonds. The van der Waals surface area contributed by atoms with E-state index in [9.17, 15) is 13.2 Å². The topological polar surface area (TPSA) is 152 Å². The lowest BCUT2D eigenvalue weighted by molar-refractivity contribution is 0.0604. The zero-order chi connectivity index (χ0) is 22.4. The van der Waals surface area contributed by atoms with Crippen LogP contribution in [0.4, 0.5) is 0 Å². The first-order valence-corrected chi connectivity index (χ1v) is 11.1. The van der Waals surface area contributed by atoms with Gasteiger partial charge in [0.15, 0.2) is 5.65 Å². The van der Waals surface area contributed by atoms with Crippen LogP contribution in [0.25, 0.3) is 11.0 Å². The van der Waals surface area contributed by atoms with Crippen molar-refractivity contribution in [2.24, 2.45) is 5.73 Å². The number of fused-ring (bicyclic) bond motifs is 1. The number of aromatic amines is 1. The number of piperidine rings is 1. The summed E-state index contributed by atoms with van der Waals surface area (Å²) in [6.07, 6.45) is 4.50. The molecule has 4 rings (SSSR count). The number of methoxy groups -OCH3 is 1. The SMILES string of the molecule is COC1CCN(S(=O)(=O)c2ccc(CN)cc2)CC1.O=C(O)c1cnc2[nH]ncc2c1. The molecule has 1 aliphatic heterocycles. The van der Waals surface area contributed by atoms with Crippen LogP contribution in [-0.2, 0) is 21.3 Å². The molecular formula is C20H25N5O5S. The van der Waals surface area contributed by atoms with Gasteiger partial charge in [0, 0.05) is 38.3 Å². The van der Waals surface area contributed by atoms with Crippen LogP contribution in [0.3, 0.4) is 0 Å². The number of hydrogen-bond acceptors (Lipinski definition) is 7. The van der Waals surface area contributed by atoms with Crippen molar-refractivity contribution in [2.45, 2.75) is 30.4 Å². The molecule has 1 fully saturated rings. The van der Waals surface area contributed by atoms with Crippen LogP contribution in [-0.4, -0.2) is 65.3 Å². The number of carboxylic acid groups (broad SMARTS) is 1. The molecule has 3 aromatic rings. The van der Waals surface area contributed by atoms with Crippen LogP contribution >= 0.6 is 0 Å². The molecule has 166 valence electrons. The Morgan fingerprint density at radius 2 is 1.94 bits per heavy atom. The Morgan fingerprint density at radius 3 is 2.52 bits per heavy atom. The molecule has 11 heteroatoms. The maximum absolute atomic E-state index is 12.4. The lowest BCUT2D eigenvalue weighted by Gasteiger charge is -2.30. The number of rotatable bonds is 5. The average Bonchev–Trinajstić information content (AvgIpc) is 3.27. The van der Waals surface area contributed by atoms with Gasteiger partial charge in [-0.2, -0.15) is 9.40 Å². The number of benzene rings is 1. The molecule has 1 aliphatic rings. The Hall–Kier alpha value is -2.86. The molecule has 0 aliphatic carbocycles. The largest absolute Gasteiger partial charge is 0.478 e. The summed E-state index contributed by atoms with van der Waals surface area (Å²) in [6, 6.07) is 8.29. The molecule has 0 unspecified atom stereocenters. The van der Waals surface area contributed by atoms with Gasteiger partial charge in [-0.15, -0.1) is 0 Å². The fraction of sp³-hybridized carbons (Fsp3) is 0.350. The summed E-state index contributed by atoms with van der Waals surface area (Å²) >= 11 is 0. The molecule has 0 atom stereocenters. The third-order valence-electron chi connectivity index (χ3n) is 5.07. The van der Waals surface area contributed by atoms with E-state index in [-0.39, 0.29) is 11.7 Å². The Balaban J connectivity index is 0.000000194. The summed E-state index contributed by atoms with van der Waals surface area (Å²) in [5.74, 6) is -0.981. The van der Waals surface area contributed by atoms with E-state index in [2.05, 4.69) is 15.2 Å². The van der Waals surface area contributed by atoms with E-state index < -0.39 is 16.0 Å². The quantitative estimate of drug-likeness (QED) is 0.533. The monoisotopic (exact) mass is 447 g/mol. The van der Waals surface area contributed by atoms with Crippen LogP contribution in [0.1, 0.15) is 28.8 Å². The molecule has 0 saturated carbocycles. The van der Waals surface area contributed by atoms with Crippen molar-refractivity contribution in [3.8, 4) is 0 Å². The number of nitrogens with one attached hydrogen (secondary N) is 1. The van der Waals surface area contributed by atoms with Gasteiger partial charge in [0.1, 0.15) is 0 Å². The maximum atomic E-state index is 12.4. The van der Waals surface area contributed by atoms with Crippen molar-refractivity contribution in [1.82, 2.24) is 19.5 Å². The molecule has 2 aromatic heterocycles. The van der Waals surface area contributed by atoms with Gasteiger partial charge in [-0.1, -0.05) is 12.1 Å². The summed E-state index contributed by atoms with van der Waals surface area (Å²) in [4.78, 5) is 14.7. The number of nitrogens with zero attached hydrogens (tertiary/aromatic N) is 3. The van der Waals surface area contributed by atoms with Gasteiger partial charge in [-0.3, -0.25) is 5.10 Å². The summed E-state index contributed by atoms with van der Waals surface area (Å²) in [5.41, 5.74) is 7.20. The Morgan fingerprint density at radius 1 is 1.26 bits per heavy atom. The second-order valence-electron chi connectivity index (χ2n) is 7.02. The van der Waals surface area contributed by atoms with Crippen LogP contribution in [0, 0.1) is 0 Å². The fourth-order valence-electron chi connectivity index (χ4n) is 3.21. The highest BCUT2D eigenvalue weighted by Crippen LogP contribution is 2.22. The third kappa shape index (κ3) is 5.44.